The van der Waals surface area contributed by atoms with Gasteiger partial charge in [-0.15, -0.1) is 16.9 Å². The number of thioether (sulfide) groups is 2. The van der Waals surface area contributed by atoms with Gasteiger partial charge in [-0.3, -0.25) is 4.79 Å². The average Bonchev–Trinajstić information content (AvgIpc) is 3.17. The molecule has 0 radical (unpaired) electrons. The number of rotatable bonds is 7. The molecule has 2 aliphatic rings. The van der Waals surface area contributed by atoms with Crippen LogP contribution in [0.5, 0.6) is 0 Å². The highest BCUT2D eigenvalue weighted by Crippen LogP contribution is 2.51. The second-order valence-electron chi connectivity index (χ2n) is 8.72. The van der Waals surface area contributed by atoms with Crippen LogP contribution in [0, 0.1) is 5.92 Å². The van der Waals surface area contributed by atoms with Gasteiger partial charge in [-0.1, -0.05) is 32.5 Å². The summed E-state index contributed by atoms with van der Waals surface area (Å²) in [6.45, 7) is 11.4. The number of carboxylic acids is 1. The number of hydrogen-bond donors (Lipinski definition) is 1. The van der Waals surface area contributed by atoms with Gasteiger partial charge in [0.1, 0.15) is 0 Å². The van der Waals surface area contributed by atoms with Crippen molar-refractivity contribution in [2.45, 2.75) is 61.9 Å². The normalized spacial score (nSPS) is 26.0. The molecule has 0 aliphatic carbocycles. The number of nitrogens with zero attached hydrogens (tertiary/aromatic N) is 5. The number of aryl methyl sites for hydroxylation is 1. The third-order valence-corrected chi connectivity index (χ3v) is 12.8. The lowest BCUT2D eigenvalue weighted by atomic mass is 9.93. The fourth-order valence-electron chi connectivity index (χ4n) is 2.99. The smallest absolute Gasteiger partial charge is 0.331 e. The molecule has 0 bridgehead atoms. The zero-order valence-electron chi connectivity index (χ0n) is 17.4. The number of tetrazole rings is 1. The molecule has 0 spiro atoms. The van der Waals surface area contributed by atoms with Crippen LogP contribution in [-0.4, -0.2) is 68.4 Å². The molecule has 3 atom stereocenters. The number of carbonyl (C=O) groups is 2. The molecule has 0 unspecified atom stereocenters. The van der Waals surface area contributed by atoms with E-state index in [4.69, 9.17) is 4.43 Å². The predicted molar refractivity (Wildman–Crippen MR) is 114 cm³/mol. The number of aliphatic carboxylic acids is 1. The van der Waals surface area contributed by atoms with E-state index in [9.17, 15) is 14.7 Å². The molecule has 1 aromatic rings. The first-order chi connectivity index (χ1) is 13.4. The monoisotopic (exact) mass is 457 g/mol. The van der Waals surface area contributed by atoms with E-state index in [1.807, 2.05) is 0 Å². The number of β-lactam (4-membered cyclic amide) rings is 1. The second-order valence-corrected chi connectivity index (χ2v) is 15.6. The van der Waals surface area contributed by atoms with Crippen LogP contribution in [0.15, 0.2) is 15.5 Å². The van der Waals surface area contributed by atoms with Gasteiger partial charge in [0.2, 0.25) is 11.1 Å². The van der Waals surface area contributed by atoms with Crippen LogP contribution in [0.2, 0.25) is 18.1 Å². The Morgan fingerprint density at radius 1 is 1.41 bits per heavy atom. The lowest BCUT2D eigenvalue weighted by molar-refractivity contribution is -0.161. The number of carbonyl (C=O) groups excluding carboxylic acids is 1. The van der Waals surface area contributed by atoms with Crippen molar-refractivity contribution in [3.8, 4) is 0 Å². The summed E-state index contributed by atoms with van der Waals surface area (Å²) in [5.74, 6) is -1.34. The summed E-state index contributed by atoms with van der Waals surface area (Å²) < 4.78 is 7.72. The zero-order chi connectivity index (χ0) is 21.6. The first-order valence-electron chi connectivity index (χ1n) is 9.39. The molecule has 3 rings (SSSR count). The summed E-state index contributed by atoms with van der Waals surface area (Å²) >= 11 is 2.70. The number of fused-ring (bicyclic) bond motifs is 1. The van der Waals surface area contributed by atoms with Gasteiger partial charge in [0.25, 0.3) is 0 Å². The van der Waals surface area contributed by atoms with Gasteiger partial charge in [-0.25, -0.2) is 9.48 Å². The minimum atomic E-state index is -1.87. The summed E-state index contributed by atoms with van der Waals surface area (Å²) in [7, 11) is -0.157. The first-order valence-corrected chi connectivity index (χ1v) is 14.1. The van der Waals surface area contributed by atoms with Gasteiger partial charge in [0, 0.05) is 18.6 Å². The van der Waals surface area contributed by atoms with Gasteiger partial charge in [-0.05, 0) is 40.4 Å². The molecular weight excluding hydrogens is 430 g/mol. The van der Waals surface area contributed by atoms with Crippen LogP contribution in [-0.2, 0) is 21.1 Å². The first kappa shape index (κ1) is 22.3. The van der Waals surface area contributed by atoms with Crippen molar-refractivity contribution in [2.24, 2.45) is 13.0 Å². The van der Waals surface area contributed by atoms with Crippen LogP contribution < -0.4 is 0 Å². The minimum Gasteiger partial charge on any atom is -0.479 e. The molecule has 0 aromatic carbocycles. The van der Waals surface area contributed by atoms with Crippen LogP contribution in [0.1, 0.15) is 27.2 Å². The van der Waals surface area contributed by atoms with Crippen LogP contribution in [0.3, 0.4) is 0 Å². The predicted octanol–water partition coefficient (Wildman–Crippen LogP) is 2.54. The topological polar surface area (TPSA) is 110 Å². The van der Waals surface area contributed by atoms with Gasteiger partial charge < -0.3 is 14.4 Å². The molecule has 1 aromatic heterocycles. The Bertz CT molecular complexity index is 838. The molecule has 9 nitrogen and oxygen atoms in total. The van der Waals surface area contributed by atoms with Crippen molar-refractivity contribution >= 4 is 43.7 Å². The molecule has 2 saturated heterocycles. The van der Waals surface area contributed by atoms with E-state index in [2.05, 4.69) is 49.4 Å². The van der Waals surface area contributed by atoms with Gasteiger partial charge in [0.15, 0.2) is 14.4 Å². The lowest BCUT2D eigenvalue weighted by Crippen LogP contribution is -2.61. The molecule has 2 fully saturated rings. The largest absolute Gasteiger partial charge is 0.479 e. The van der Waals surface area contributed by atoms with Crippen LogP contribution >= 0.6 is 23.5 Å². The third kappa shape index (κ3) is 4.25. The van der Waals surface area contributed by atoms with Crippen LogP contribution in [0.4, 0.5) is 0 Å². The maximum absolute atomic E-state index is 12.7. The maximum Gasteiger partial charge on any atom is 0.331 e. The number of aromatic nitrogens is 4. The molecule has 12 heteroatoms. The molecule has 29 heavy (non-hydrogen) atoms. The number of carboxylic acid groups (broad SMARTS) is 1. The summed E-state index contributed by atoms with van der Waals surface area (Å²) in [5.41, 5.74) is 0. The standard InChI is InChI=1S/C17H27N5O4S2Si/c1-17(2,3)29(5,6)26-8-7-10-13(23)22-12(15(24)25)11(28-14(10)22)9-27-16-18-19-20-21(16)4/h9-10,12,14H,7-8H2,1-6H3,(H,24,25)/t10-,12-,14-/m1/s1. The molecule has 0 saturated carbocycles. The Morgan fingerprint density at radius 2 is 2.10 bits per heavy atom. The molecule has 1 N–H and O–H groups in total. The molecule has 2 aliphatic heterocycles. The van der Waals surface area contributed by atoms with Crippen molar-refractivity contribution in [3.05, 3.63) is 10.3 Å². The fourth-order valence-corrected chi connectivity index (χ4v) is 6.42. The van der Waals surface area contributed by atoms with Crippen molar-refractivity contribution < 1.29 is 19.1 Å². The van der Waals surface area contributed by atoms with Gasteiger partial charge in [-0.2, -0.15) is 0 Å². The van der Waals surface area contributed by atoms with E-state index in [-0.39, 0.29) is 22.2 Å². The van der Waals surface area contributed by atoms with E-state index in [1.165, 1.54) is 33.1 Å². The summed E-state index contributed by atoms with van der Waals surface area (Å²) in [5, 5.41) is 23.1. The molecule has 3 heterocycles. The van der Waals surface area contributed by atoms with E-state index >= 15 is 0 Å². The fraction of sp³-hybridized carbons (Fsp3) is 0.706. The molecular formula is C17H27N5O4S2Si. The lowest BCUT2D eigenvalue weighted by Gasteiger charge is -2.44. The highest BCUT2D eigenvalue weighted by Gasteiger charge is 2.58. The van der Waals surface area contributed by atoms with Crippen molar-refractivity contribution in [1.29, 1.82) is 0 Å². The second kappa shape index (κ2) is 8.04. The van der Waals surface area contributed by atoms with Crippen molar-refractivity contribution in [1.82, 2.24) is 25.1 Å². The highest BCUT2D eigenvalue weighted by atomic mass is 32.2. The SMILES string of the molecule is Cn1nnnc1SC=C1S[C@@H]2[C@H](CCO[Si](C)(C)C(C)(C)C)C(=O)N2[C@H]1C(=O)O. The number of amides is 1. The Kier molecular flexibility index (Phi) is 6.19. The van der Waals surface area contributed by atoms with Gasteiger partial charge in [0.05, 0.1) is 11.3 Å². The Balaban J connectivity index is 1.65. The van der Waals surface area contributed by atoms with E-state index in [1.54, 1.807) is 12.5 Å². The quantitative estimate of drug-likeness (QED) is 0.375. The molecule has 160 valence electrons. The van der Waals surface area contributed by atoms with Crippen molar-refractivity contribution in [2.75, 3.05) is 6.61 Å². The number of hydrogen-bond acceptors (Lipinski definition) is 8. The van der Waals surface area contributed by atoms with E-state index in [0.29, 0.717) is 23.1 Å². The van der Waals surface area contributed by atoms with E-state index in [0.717, 1.165) is 0 Å². The third-order valence-electron chi connectivity index (χ3n) is 5.79. The summed E-state index contributed by atoms with van der Waals surface area (Å²) in [6, 6.07) is -0.941. The summed E-state index contributed by atoms with van der Waals surface area (Å²) in [4.78, 5) is 26.6. The summed E-state index contributed by atoms with van der Waals surface area (Å²) in [6.07, 6.45) is 0.611. The Labute approximate surface area is 179 Å². The average molecular weight is 458 g/mol. The van der Waals surface area contributed by atoms with Crippen LogP contribution in [0.25, 0.3) is 0 Å². The van der Waals surface area contributed by atoms with Crippen molar-refractivity contribution in [3.63, 3.8) is 0 Å². The molecule has 1 amide bonds. The van der Waals surface area contributed by atoms with Gasteiger partial charge >= 0.3 is 5.97 Å². The Hall–Kier alpha value is -1.37. The maximum atomic E-state index is 12.7. The highest BCUT2D eigenvalue weighted by molar-refractivity contribution is 8.06. The van der Waals surface area contributed by atoms with E-state index < -0.39 is 20.3 Å². The Morgan fingerprint density at radius 3 is 2.66 bits per heavy atom. The minimum absolute atomic E-state index is 0.109. The zero-order valence-corrected chi connectivity index (χ0v) is 20.1.